The number of nitrogens with one attached hydrogen (secondary N) is 1. The minimum absolute atomic E-state index is 0. The maximum atomic E-state index is 5.43. The molecule has 0 radical (unpaired) electrons. The van der Waals surface area contributed by atoms with Gasteiger partial charge in [0.25, 0.3) is 0 Å². The van der Waals surface area contributed by atoms with E-state index in [0.29, 0.717) is 6.79 Å². The van der Waals surface area contributed by atoms with Gasteiger partial charge >= 0.3 is 0 Å². The second kappa shape index (κ2) is 8.07. The molecule has 2 aromatic rings. The third-order valence-corrected chi connectivity index (χ3v) is 4.04. The molecule has 0 saturated heterocycles. The van der Waals surface area contributed by atoms with Crippen LogP contribution in [0.3, 0.4) is 0 Å². The number of ether oxygens (including phenoxy) is 2. The quantitative estimate of drug-likeness (QED) is 0.891. The molecular formula is C16H22Cl2N4O2. The van der Waals surface area contributed by atoms with Crippen LogP contribution in [0.1, 0.15) is 17.0 Å². The maximum absolute atomic E-state index is 5.43. The molecule has 0 aliphatic carbocycles. The Hall–Kier alpha value is -1.47. The SMILES string of the molecule is CN(Cc1ccc2c(c1)OCO2)Cc1cc2n(n1)CCNC2.Cl.Cl. The summed E-state index contributed by atoms with van der Waals surface area (Å²) in [5.41, 5.74) is 3.62. The van der Waals surface area contributed by atoms with E-state index >= 15 is 0 Å². The van der Waals surface area contributed by atoms with Crippen molar-refractivity contribution in [2.24, 2.45) is 0 Å². The molecule has 3 heterocycles. The molecule has 132 valence electrons. The topological polar surface area (TPSA) is 51.6 Å². The summed E-state index contributed by atoms with van der Waals surface area (Å²) in [5.74, 6) is 1.68. The highest BCUT2D eigenvalue weighted by molar-refractivity contribution is 5.85. The molecule has 0 atom stereocenters. The Morgan fingerprint density at radius 3 is 2.83 bits per heavy atom. The molecule has 0 unspecified atom stereocenters. The lowest BCUT2D eigenvalue weighted by atomic mass is 10.2. The van der Waals surface area contributed by atoms with Crippen molar-refractivity contribution in [3.63, 3.8) is 0 Å². The molecule has 6 nitrogen and oxygen atoms in total. The first-order valence-corrected chi connectivity index (χ1v) is 7.61. The van der Waals surface area contributed by atoms with Crippen molar-refractivity contribution >= 4 is 24.8 Å². The zero-order chi connectivity index (χ0) is 14.9. The predicted octanol–water partition coefficient (Wildman–Crippen LogP) is 2.19. The molecule has 8 heteroatoms. The standard InChI is InChI=1S/C16H20N4O2.2ClH/c1-19(9-12-2-3-15-16(6-12)22-11-21-15)10-13-7-14-8-17-4-5-20(14)18-13;;/h2-3,6-7,17H,4-5,8-11H2,1H3;2*1H. The first kappa shape index (κ1) is 18.9. The summed E-state index contributed by atoms with van der Waals surface area (Å²) in [7, 11) is 2.11. The average molecular weight is 373 g/mol. The van der Waals surface area contributed by atoms with Crippen LogP contribution >= 0.6 is 24.8 Å². The minimum Gasteiger partial charge on any atom is -0.454 e. The van der Waals surface area contributed by atoms with Crippen molar-refractivity contribution in [1.82, 2.24) is 20.0 Å². The van der Waals surface area contributed by atoms with Gasteiger partial charge in [0.1, 0.15) is 0 Å². The van der Waals surface area contributed by atoms with Gasteiger partial charge in [0.2, 0.25) is 6.79 Å². The summed E-state index contributed by atoms with van der Waals surface area (Å²) in [5, 5.41) is 8.05. The van der Waals surface area contributed by atoms with Gasteiger partial charge in [-0.05, 0) is 30.8 Å². The van der Waals surface area contributed by atoms with Crippen molar-refractivity contribution in [3.05, 3.63) is 41.2 Å². The number of aromatic nitrogens is 2. The summed E-state index contributed by atoms with van der Waals surface area (Å²) in [4.78, 5) is 2.26. The number of hydrogen-bond acceptors (Lipinski definition) is 5. The zero-order valence-electron chi connectivity index (χ0n) is 13.5. The van der Waals surface area contributed by atoms with E-state index < -0.39 is 0 Å². The fraction of sp³-hybridized carbons (Fsp3) is 0.438. The van der Waals surface area contributed by atoms with Gasteiger partial charge in [0.05, 0.1) is 17.9 Å². The third-order valence-electron chi connectivity index (χ3n) is 4.04. The number of halogens is 2. The molecule has 0 fully saturated rings. The number of fused-ring (bicyclic) bond motifs is 2. The molecule has 0 saturated carbocycles. The van der Waals surface area contributed by atoms with E-state index in [-0.39, 0.29) is 24.8 Å². The Labute approximate surface area is 153 Å². The second-order valence-corrected chi connectivity index (χ2v) is 5.89. The molecule has 0 spiro atoms. The van der Waals surface area contributed by atoms with E-state index in [9.17, 15) is 0 Å². The Morgan fingerprint density at radius 1 is 1.17 bits per heavy atom. The highest BCUT2D eigenvalue weighted by Crippen LogP contribution is 2.32. The van der Waals surface area contributed by atoms with Crippen LogP contribution in [0.4, 0.5) is 0 Å². The monoisotopic (exact) mass is 372 g/mol. The van der Waals surface area contributed by atoms with Gasteiger partial charge in [0.15, 0.2) is 11.5 Å². The van der Waals surface area contributed by atoms with E-state index in [4.69, 9.17) is 9.47 Å². The molecule has 0 bridgehead atoms. The first-order valence-electron chi connectivity index (χ1n) is 7.61. The fourth-order valence-electron chi connectivity index (χ4n) is 3.01. The Bertz CT molecular complexity index is 669. The highest BCUT2D eigenvalue weighted by atomic mass is 35.5. The highest BCUT2D eigenvalue weighted by Gasteiger charge is 2.15. The zero-order valence-corrected chi connectivity index (χ0v) is 15.2. The van der Waals surface area contributed by atoms with Crippen LogP contribution in [0.2, 0.25) is 0 Å². The van der Waals surface area contributed by atoms with Gasteiger partial charge in [-0.25, -0.2) is 0 Å². The van der Waals surface area contributed by atoms with Crippen LogP contribution in [0.5, 0.6) is 11.5 Å². The molecular weight excluding hydrogens is 351 g/mol. The van der Waals surface area contributed by atoms with Gasteiger partial charge < -0.3 is 14.8 Å². The van der Waals surface area contributed by atoms with Crippen molar-refractivity contribution in [3.8, 4) is 11.5 Å². The number of rotatable bonds is 4. The van der Waals surface area contributed by atoms with Crippen LogP contribution in [0.25, 0.3) is 0 Å². The van der Waals surface area contributed by atoms with Gasteiger partial charge in [0, 0.05) is 26.2 Å². The Morgan fingerprint density at radius 2 is 2.00 bits per heavy atom. The lowest BCUT2D eigenvalue weighted by molar-refractivity contribution is 0.174. The van der Waals surface area contributed by atoms with E-state index in [1.54, 1.807) is 0 Å². The summed E-state index contributed by atoms with van der Waals surface area (Å²) in [6.45, 7) is 4.90. The molecule has 1 aromatic carbocycles. The van der Waals surface area contributed by atoms with E-state index in [1.807, 2.05) is 6.07 Å². The summed E-state index contributed by atoms with van der Waals surface area (Å²) < 4.78 is 12.9. The summed E-state index contributed by atoms with van der Waals surface area (Å²) in [6, 6.07) is 8.32. The Kier molecular flexibility index (Phi) is 6.34. The molecule has 2 aliphatic rings. The third kappa shape index (κ3) is 3.95. The fourth-order valence-corrected chi connectivity index (χ4v) is 3.01. The molecule has 1 N–H and O–H groups in total. The van der Waals surface area contributed by atoms with Crippen LogP contribution in [0, 0.1) is 0 Å². The van der Waals surface area contributed by atoms with Crippen LogP contribution in [-0.2, 0) is 26.2 Å². The molecule has 2 aliphatic heterocycles. The molecule has 1 aromatic heterocycles. The van der Waals surface area contributed by atoms with E-state index in [1.165, 1.54) is 11.3 Å². The maximum Gasteiger partial charge on any atom is 0.231 e. The Balaban J connectivity index is 0.00000104. The van der Waals surface area contributed by atoms with Gasteiger partial charge in [-0.15, -0.1) is 24.8 Å². The van der Waals surface area contributed by atoms with Crippen LogP contribution in [0.15, 0.2) is 24.3 Å². The van der Waals surface area contributed by atoms with E-state index in [2.05, 4.69) is 45.2 Å². The molecule has 0 amide bonds. The lowest BCUT2D eigenvalue weighted by Gasteiger charge is -2.15. The molecule has 4 rings (SSSR count). The summed E-state index contributed by atoms with van der Waals surface area (Å²) >= 11 is 0. The van der Waals surface area contributed by atoms with Gasteiger partial charge in [-0.3, -0.25) is 9.58 Å². The first-order chi connectivity index (χ1) is 10.8. The number of nitrogens with zero attached hydrogens (tertiary/aromatic N) is 3. The smallest absolute Gasteiger partial charge is 0.231 e. The number of benzene rings is 1. The van der Waals surface area contributed by atoms with Crippen molar-refractivity contribution in [2.45, 2.75) is 26.2 Å². The number of hydrogen-bond donors (Lipinski definition) is 1. The van der Waals surface area contributed by atoms with Crippen LogP contribution < -0.4 is 14.8 Å². The van der Waals surface area contributed by atoms with Crippen molar-refractivity contribution < 1.29 is 9.47 Å². The second-order valence-electron chi connectivity index (χ2n) is 5.89. The van der Waals surface area contributed by atoms with Crippen molar-refractivity contribution in [1.29, 1.82) is 0 Å². The average Bonchev–Trinajstić information content (AvgIpc) is 3.11. The summed E-state index contributed by atoms with van der Waals surface area (Å²) in [6.07, 6.45) is 0. The van der Waals surface area contributed by atoms with E-state index in [0.717, 1.165) is 49.9 Å². The van der Waals surface area contributed by atoms with Gasteiger partial charge in [-0.2, -0.15) is 5.10 Å². The normalized spacial score (nSPS) is 14.8. The van der Waals surface area contributed by atoms with Gasteiger partial charge in [-0.1, -0.05) is 6.07 Å². The largest absolute Gasteiger partial charge is 0.454 e. The lowest BCUT2D eigenvalue weighted by Crippen LogP contribution is -2.28. The van der Waals surface area contributed by atoms with Crippen LogP contribution in [-0.4, -0.2) is 35.1 Å². The predicted molar refractivity (Wildman–Crippen MR) is 96.2 cm³/mol. The minimum atomic E-state index is 0. The van der Waals surface area contributed by atoms with Crippen molar-refractivity contribution in [2.75, 3.05) is 20.4 Å². The molecule has 24 heavy (non-hydrogen) atoms.